The van der Waals surface area contributed by atoms with Crippen LogP contribution in [0.3, 0.4) is 0 Å². The molecule has 6 nitrogen and oxygen atoms in total. The summed E-state index contributed by atoms with van der Waals surface area (Å²) in [5.74, 6) is 0. The fraction of sp³-hybridized carbons (Fsp3) is 0.615. The highest BCUT2D eigenvalue weighted by atomic mass is 32.3. The van der Waals surface area contributed by atoms with Crippen molar-refractivity contribution in [2.75, 3.05) is 18.8 Å². The SMILES string of the molecule is C=CCC(S(C)=O)S(C)(=O)=O.C=CCC(SC(C)=O)S(C)(=O)=O. The van der Waals surface area contributed by atoms with Gasteiger partial charge in [0.15, 0.2) is 24.8 Å². The van der Waals surface area contributed by atoms with Crippen molar-refractivity contribution in [1.29, 1.82) is 0 Å². The molecule has 3 unspecified atom stereocenters. The van der Waals surface area contributed by atoms with Gasteiger partial charge in [0.25, 0.3) is 0 Å². The Balaban J connectivity index is 0. The van der Waals surface area contributed by atoms with Gasteiger partial charge < -0.3 is 0 Å². The molecule has 0 bridgehead atoms. The maximum atomic E-state index is 11.0. The van der Waals surface area contributed by atoms with E-state index in [2.05, 4.69) is 13.2 Å². The minimum Gasteiger partial charge on any atom is -0.288 e. The Kier molecular flexibility index (Phi) is 12.0. The van der Waals surface area contributed by atoms with Crippen LogP contribution in [0.4, 0.5) is 0 Å². The lowest BCUT2D eigenvalue weighted by Crippen LogP contribution is -2.23. The van der Waals surface area contributed by atoms with Gasteiger partial charge in [-0.1, -0.05) is 23.9 Å². The van der Waals surface area contributed by atoms with Crippen molar-refractivity contribution in [1.82, 2.24) is 0 Å². The van der Waals surface area contributed by atoms with E-state index in [9.17, 15) is 25.8 Å². The van der Waals surface area contributed by atoms with Crippen molar-refractivity contribution in [3.05, 3.63) is 25.3 Å². The van der Waals surface area contributed by atoms with E-state index >= 15 is 0 Å². The first-order valence-corrected chi connectivity index (χ1v) is 12.8. The summed E-state index contributed by atoms with van der Waals surface area (Å²) in [6.07, 6.45) is 7.12. The van der Waals surface area contributed by atoms with Gasteiger partial charge >= 0.3 is 0 Å². The second-order valence-electron chi connectivity index (χ2n) is 4.67. The van der Waals surface area contributed by atoms with Crippen molar-refractivity contribution < 1.29 is 25.8 Å². The van der Waals surface area contributed by atoms with Crippen LogP contribution >= 0.6 is 11.8 Å². The summed E-state index contributed by atoms with van der Waals surface area (Å²) in [5.41, 5.74) is 0. The van der Waals surface area contributed by atoms with E-state index in [-0.39, 0.29) is 11.5 Å². The van der Waals surface area contributed by atoms with Gasteiger partial charge in [0.1, 0.15) is 9.16 Å². The zero-order valence-electron chi connectivity index (χ0n) is 13.7. The van der Waals surface area contributed by atoms with E-state index < -0.39 is 39.6 Å². The van der Waals surface area contributed by atoms with Gasteiger partial charge in [0, 0.05) is 36.5 Å². The predicted octanol–water partition coefficient (Wildman–Crippen LogP) is 1.52. The highest BCUT2D eigenvalue weighted by Crippen LogP contribution is 2.20. The molecule has 23 heavy (non-hydrogen) atoms. The summed E-state index contributed by atoms with van der Waals surface area (Å²) in [6, 6.07) is 0. The third-order valence-electron chi connectivity index (χ3n) is 2.34. The second-order valence-corrected chi connectivity index (χ2v) is 12.7. The van der Waals surface area contributed by atoms with E-state index in [1.165, 1.54) is 25.3 Å². The van der Waals surface area contributed by atoms with Crippen molar-refractivity contribution in [2.24, 2.45) is 0 Å². The number of carbonyl (C=O) groups excluding carboxylic acids is 1. The van der Waals surface area contributed by atoms with E-state index in [0.29, 0.717) is 6.42 Å². The smallest absolute Gasteiger partial charge is 0.187 e. The van der Waals surface area contributed by atoms with Gasteiger partial charge in [-0.3, -0.25) is 9.00 Å². The Bertz CT molecular complexity index is 633. The summed E-state index contributed by atoms with van der Waals surface area (Å²) < 4.78 is 53.3. The predicted molar refractivity (Wildman–Crippen MR) is 99.2 cm³/mol. The lowest BCUT2D eigenvalue weighted by Gasteiger charge is -2.09. The first kappa shape index (κ1) is 24.8. The van der Waals surface area contributed by atoms with Crippen molar-refractivity contribution in [2.45, 2.75) is 28.9 Å². The third kappa shape index (κ3) is 12.6. The Morgan fingerprint density at radius 1 is 1.09 bits per heavy atom. The molecule has 0 aromatic rings. The van der Waals surface area contributed by atoms with Crippen LogP contribution in [-0.4, -0.2) is 54.1 Å². The van der Waals surface area contributed by atoms with Crippen LogP contribution in [0.1, 0.15) is 19.8 Å². The molecule has 3 atom stereocenters. The largest absolute Gasteiger partial charge is 0.288 e. The number of hydrogen-bond acceptors (Lipinski definition) is 7. The minimum atomic E-state index is -3.20. The van der Waals surface area contributed by atoms with Crippen LogP contribution in [0.2, 0.25) is 0 Å². The van der Waals surface area contributed by atoms with E-state index in [1.807, 2.05) is 0 Å². The second kappa shape index (κ2) is 11.2. The number of thioether (sulfide) groups is 1. The number of carbonyl (C=O) groups is 1. The quantitative estimate of drug-likeness (QED) is 0.565. The molecule has 0 aromatic heterocycles. The molecule has 0 spiro atoms. The van der Waals surface area contributed by atoms with Crippen LogP contribution in [-0.2, 0) is 35.3 Å². The number of allylic oxidation sites excluding steroid dienone is 2. The Hall–Kier alpha value is -0.450. The minimum absolute atomic E-state index is 0.188. The van der Waals surface area contributed by atoms with E-state index in [4.69, 9.17) is 0 Å². The molecular formula is C13H24O6S4. The average Bonchev–Trinajstić information content (AvgIpc) is 2.32. The molecule has 0 fully saturated rings. The molecule has 10 heteroatoms. The van der Waals surface area contributed by atoms with E-state index in [0.717, 1.165) is 24.3 Å². The fourth-order valence-corrected chi connectivity index (χ4v) is 6.38. The monoisotopic (exact) mass is 404 g/mol. The van der Waals surface area contributed by atoms with Gasteiger partial charge in [0.05, 0.1) is 0 Å². The summed E-state index contributed by atoms with van der Waals surface area (Å²) >= 11 is 0.833. The molecule has 0 amide bonds. The maximum Gasteiger partial charge on any atom is 0.187 e. The average molecular weight is 405 g/mol. The van der Waals surface area contributed by atoms with Crippen LogP contribution in [0.25, 0.3) is 0 Å². The Morgan fingerprint density at radius 2 is 1.52 bits per heavy atom. The molecular weight excluding hydrogens is 380 g/mol. The molecule has 136 valence electrons. The van der Waals surface area contributed by atoms with Gasteiger partial charge in [-0.15, -0.1) is 13.2 Å². The van der Waals surface area contributed by atoms with Gasteiger partial charge in [-0.2, -0.15) is 0 Å². The molecule has 0 radical (unpaired) electrons. The first-order chi connectivity index (χ1) is 10.3. The highest BCUT2D eigenvalue weighted by Gasteiger charge is 2.22. The Morgan fingerprint density at radius 3 is 1.70 bits per heavy atom. The molecule has 0 aliphatic rings. The lowest BCUT2D eigenvalue weighted by molar-refractivity contribution is -0.109. The molecule has 0 saturated carbocycles. The van der Waals surface area contributed by atoms with E-state index in [1.54, 1.807) is 0 Å². The summed E-state index contributed by atoms with van der Waals surface area (Å²) in [4.78, 5) is 10.6. The van der Waals surface area contributed by atoms with Crippen LogP contribution in [0.5, 0.6) is 0 Å². The molecule has 0 rings (SSSR count). The van der Waals surface area contributed by atoms with Crippen molar-refractivity contribution in [3.8, 4) is 0 Å². The van der Waals surface area contributed by atoms with Crippen molar-refractivity contribution in [3.63, 3.8) is 0 Å². The topological polar surface area (TPSA) is 102 Å². The first-order valence-electron chi connectivity index (χ1n) is 6.36. The summed E-state index contributed by atoms with van der Waals surface area (Å²) in [5, 5.41) is -0.188. The summed E-state index contributed by atoms with van der Waals surface area (Å²) in [7, 11) is -7.68. The number of sulfone groups is 2. The molecule has 0 N–H and O–H groups in total. The van der Waals surface area contributed by atoms with Crippen LogP contribution in [0.15, 0.2) is 25.3 Å². The number of rotatable bonds is 8. The zero-order chi connectivity index (χ0) is 18.8. The third-order valence-corrected chi connectivity index (χ3v) is 9.56. The fourth-order valence-electron chi connectivity index (χ4n) is 1.32. The highest BCUT2D eigenvalue weighted by molar-refractivity contribution is 8.22. The summed E-state index contributed by atoms with van der Waals surface area (Å²) in [6.45, 7) is 8.18. The lowest BCUT2D eigenvalue weighted by atomic mass is 10.5. The standard InChI is InChI=1S/C7H12O3S2.C6H12O3S2/c1-4-5-7(11-6(2)8)12(3,9)10;1-4-5-6(10(2)7)11(3,8)9/h4,7H,1,5H2,2-3H3;4,6H,1,5H2,2-3H3. The molecule has 0 aliphatic heterocycles. The normalized spacial score (nSPS) is 15.5. The van der Waals surface area contributed by atoms with Crippen LogP contribution in [0, 0.1) is 0 Å². The molecule has 0 saturated heterocycles. The van der Waals surface area contributed by atoms with Gasteiger partial charge in [-0.25, -0.2) is 16.8 Å². The molecule has 0 heterocycles. The molecule has 0 aromatic carbocycles. The number of hydrogen-bond donors (Lipinski definition) is 0. The Labute approximate surface area is 146 Å². The van der Waals surface area contributed by atoms with Crippen molar-refractivity contribution >= 4 is 47.4 Å². The van der Waals surface area contributed by atoms with Crippen LogP contribution < -0.4 is 0 Å². The maximum absolute atomic E-state index is 11.0. The zero-order valence-corrected chi connectivity index (χ0v) is 17.0. The van der Waals surface area contributed by atoms with Gasteiger partial charge in [0.2, 0.25) is 0 Å². The molecule has 0 aliphatic carbocycles. The van der Waals surface area contributed by atoms with Gasteiger partial charge in [-0.05, 0) is 12.8 Å².